The maximum absolute atomic E-state index is 12.2. The van der Waals surface area contributed by atoms with Crippen molar-refractivity contribution < 1.29 is 9.90 Å². The van der Waals surface area contributed by atoms with Crippen molar-refractivity contribution in [2.75, 3.05) is 0 Å². The Morgan fingerprint density at radius 2 is 2.12 bits per heavy atom. The molecule has 3 aromatic rings. The second-order valence-corrected chi connectivity index (χ2v) is 5.99. The Labute approximate surface area is 142 Å². The standard InChI is InChI=1S/C17H16N4O2S/c1-2-13(11-5-7-12(22)8-6-11)18-21-17(23)15-10-14(19-20-15)16-4-3-9-24-16/h3-10,22H,2H2,1H3,(H,19,20)(H,21,23)/b18-13+. The Hall–Kier alpha value is -2.93. The minimum absolute atomic E-state index is 0.191. The normalized spacial score (nSPS) is 11.5. The molecule has 0 saturated heterocycles. The Kier molecular flexibility index (Phi) is 4.72. The molecule has 0 spiro atoms. The Morgan fingerprint density at radius 1 is 1.33 bits per heavy atom. The van der Waals surface area contributed by atoms with Gasteiger partial charge in [-0.3, -0.25) is 9.89 Å². The van der Waals surface area contributed by atoms with E-state index < -0.39 is 0 Å². The fraction of sp³-hybridized carbons (Fsp3) is 0.118. The summed E-state index contributed by atoms with van der Waals surface area (Å²) in [6.45, 7) is 1.95. The minimum atomic E-state index is -0.376. The molecule has 0 unspecified atom stereocenters. The number of aromatic amines is 1. The number of nitrogens with one attached hydrogen (secondary N) is 2. The van der Waals surface area contributed by atoms with Gasteiger partial charge >= 0.3 is 0 Å². The number of aromatic nitrogens is 2. The van der Waals surface area contributed by atoms with E-state index in [1.54, 1.807) is 41.7 Å². The number of benzene rings is 1. The van der Waals surface area contributed by atoms with Crippen LogP contribution in [-0.2, 0) is 0 Å². The van der Waals surface area contributed by atoms with Crippen molar-refractivity contribution in [2.24, 2.45) is 5.10 Å². The number of hydrogen-bond donors (Lipinski definition) is 3. The Bertz CT molecular complexity index is 851. The first kappa shape index (κ1) is 15.9. The van der Waals surface area contributed by atoms with Crippen LogP contribution in [0.25, 0.3) is 10.6 Å². The summed E-state index contributed by atoms with van der Waals surface area (Å²) in [5.41, 5.74) is 5.17. The molecule has 2 heterocycles. The SMILES string of the molecule is CC/C(=N\NC(=O)c1cc(-c2cccs2)[nH]n1)c1ccc(O)cc1. The van der Waals surface area contributed by atoms with Crippen molar-refractivity contribution in [3.63, 3.8) is 0 Å². The first-order valence-electron chi connectivity index (χ1n) is 7.43. The summed E-state index contributed by atoms with van der Waals surface area (Å²) in [6, 6.07) is 12.3. The maximum Gasteiger partial charge on any atom is 0.291 e. The first-order valence-corrected chi connectivity index (χ1v) is 8.31. The van der Waals surface area contributed by atoms with Crippen LogP contribution in [0.15, 0.2) is 52.9 Å². The number of H-pyrrole nitrogens is 1. The summed E-state index contributed by atoms with van der Waals surface area (Å²) in [4.78, 5) is 13.2. The van der Waals surface area contributed by atoms with Gasteiger partial charge < -0.3 is 5.11 Å². The van der Waals surface area contributed by atoms with Crippen LogP contribution in [0.3, 0.4) is 0 Å². The zero-order valence-corrected chi connectivity index (χ0v) is 13.8. The number of phenolic OH excluding ortho intramolecular Hbond substituents is 1. The van der Waals surface area contributed by atoms with Gasteiger partial charge in [0.15, 0.2) is 5.69 Å². The van der Waals surface area contributed by atoms with Crippen LogP contribution in [0, 0.1) is 0 Å². The summed E-state index contributed by atoms with van der Waals surface area (Å²) < 4.78 is 0. The highest BCUT2D eigenvalue weighted by Crippen LogP contribution is 2.22. The topological polar surface area (TPSA) is 90.4 Å². The number of aromatic hydroxyl groups is 1. The van der Waals surface area contributed by atoms with Crippen LogP contribution in [0.5, 0.6) is 5.75 Å². The summed E-state index contributed by atoms with van der Waals surface area (Å²) in [5.74, 6) is -0.186. The summed E-state index contributed by atoms with van der Waals surface area (Å²) >= 11 is 1.57. The average Bonchev–Trinajstić information content (AvgIpc) is 3.28. The second kappa shape index (κ2) is 7.10. The van der Waals surface area contributed by atoms with Gasteiger partial charge in [0.25, 0.3) is 5.91 Å². The van der Waals surface area contributed by atoms with Crippen LogP contribution < -0.4 is 5.43 Å². The third-order valence-electron chi connectivity index (χ3n) is 3.42. The zero-order valence-electron chi connectivity index (χ0n) is 13.0. The number of hydrazone groups is 1. The molecule has 6 nitrogen and oxygen atoms in total. The third kappa shape index (κ3) is 3.52. The molecule has 0 radical (unpaired) electrons. The van der Waals surface area contributed by atoms with E-state index >= 15 is 0 Å². The fourth-order valence-corrected chi connectivity index (χ4v) is 2.87. The van der Waals surface area contributed by atoms with Gasteiger partial charge in [-0.15, -0.1) is 11.3 Å². The van der Waals surface area contributed by atoms with Crippen LogP contribution in [-0.4, -0.2) is 26.9 Å². The summed E-state index contributed by atoms with van der Waals surface area (Å²) in [6.07, 6.45) is 0.645. The average molecular weight is 340 g/mol. The van der Waals surface area contributed by atoms with Gasteiger partial charge in [0.2, 0.25) is 0 Å². The number of hydrogen-bond acceptors (Lipinski definition) is 5. The highest BCUT2D eigenvalue weighted by Gasteiger charge is 2.12. The lowest BCUT2D eigenvalue weighted by Gasteiger charge is -2.04. The minimum Gasteiger partial charge on any atom is -0.508 e. The first-order chi connectivity index (χ1) is 11.7. The molecular formula is C17H16N4O2S. The fourth-order valence-electron chi connectivity index (χ4n) is 2.17. The molecule has 3 rings (SSSR count). The van der Waals surface area contributed by atoms with E-state index in [2.05, 4.69) is 20.7 Å². The van der Waals surface area contributed by atoms with Crippen molar-refractivity contribution in [1.82, 2.24) is 15.6 Å². The van der Waals surface area contributed by atoms with Crippen LogP contribution >= 0.6 is 11.3 Å². The lowest BCUT2D eigenvalue weighted by Crippen LogP contribution is -2.20. The van der Waals surface area contributed by atoms with E-state index in [4.69, 9.17) is 0 Å². The number of amides is 1. The monoisotopic (exact) mass is 340 g/mol. The van der Waals surface area contributed by atoms with E-state index in [9.17, 15) is 9.90 Å². The lowest BCUT2D eigenvalue weighted by atomic mass is 10.1. The van der Waals surface area contributed by atoms with Gasteiger partial charge in [0.05, 0.1) is 16.3 Å². The number of rotatable bonds is 5. The van der Waals surface area contributed by atoms with Crippen LogP contribution in [0.2, 0.25) is 0 Å². The number of carbonyl (C=O) groups is 1. The molecule has 0 fully saturated rings. The van der Waals surface area contributed by atoms with Crippen molar-refractivity contribution >= 4 is 23.0 Å². The van der Waals surface area contributed by atoms with Crippen molar-refractivity contribution in [2.45, 2.75) is 13.3 Å². The number of carbonyl (C=O) groups excluding carboxylic acids is 1. The molecule has 2 aromatic heterocycles. The van der Waals surface area contributed by atoms with Crippen LogP contribution in [0.4, 0.5) is 0 Å². The molecule has 7 heteroatoms. The molecule has 0 saturated carbocycles. The smallest absolute Gasteiger partial charge is 0.291 e. The molecule has 0 aliphatic carbocycles. The molecule has 1 amide bonds. The van der Waals surface area contributed by atoms with Gasteiger partial charge in [-0.25, -0.2) is 5.43 Å². The zero-order chi connectivity index (χ0) is 16.9. The van der Waals surface area contributed by atoms with Gasteiger partial charge in [0.1, 0.15) is 5.75 Å². The number of nitrogens with zero attached hydrogens (tertiary/aromatic N) is 2. The van der Waals surface area contributed by atoms with E-state index in [1.807, 2.05) is 24.4 Å². The second-order valence-electron chi connectivity index (χ2n) is 5.04. The van der Waals surface area contributed by atoms with Gasteiger partial charge in [0, 0.05) is 0 Å². The molecule has 122 valence electrons. The maximum atomic E-state index is 12.2. The lowest BCUT2D eigenvalue weighted by molar-refractivity contribution is 0.0950. The largest absolute Gasteiger partial charge is 0.508 e. The van der Waals surface area contributed by atoms with Gasteiger partial charge in [-0.05, 0) is 53.8 Å². The summed E-state index contributed by atoms with van der Waals surface area (Å²) in [5, 5.41) is 22.4. The van der Waals surface area contributed by atoms with E-state index in [-0.39, 0.29) is 17.4 Å². The van der Waals surface area contributed by atoms with Crippen molar-refractivity contribution in [3.05, 3.63) is 59.1 Å². The third-order valence-corrected chi connectivity index (χ3v) is 4.33. The Balaban J connectivity index is 1.73. The predicted molar refractivity (Wildman–Crippen MR) is 94.3 cm³/mol. The van der Waals surface area contributed by atoms with Crippen molar-refractivity contribution in [3.8, 4) is 16.3 Å². The predicted octanol–water partition coefficient (Wildman–Crippen LogP) is 3.39. The molecular weight excluding hydrogens is 324 g/mol. The highest BCUT2D eigenvalue weighted by atomic mass is 32.1. The van der Waals surface area contributed by atoms with E-state index in [0.29, 0.717) is 6.42 Å². The van der Waals surface area contributed by atoms with Crippen molar-refractivity contribution in [1.29, 1.82) is 0 Å². The van der Waals surface area contributed by atoms with E-state index in [0.717, 1.165) is 21.8 Å². The molecule has 24 heavy (non-hydrogen) atoms. The quantitative estimate of drug-likeness (QED) is 0.491. The number of thiophene rings is 1. The molecule has 1 aromatic carbocycles. The molecule has 0 atom stereocenters. The van der Waals surface area contributed by atoms with Crippen LogP contribution in [0.1, 0.15) is 29.4 Å². The van der Waals surface area contributed by atoms with Gasteiger partial charge in [-0.2, -0.15) is 10.2 Å². The number of phenols is 1. The Morgan fingerprint density at radius 3 is 2.79 bits per heavy atom. The molecule has 3 N–H and O–H groups in total. The highest BCUT2D eigenvalue weighted by molar-refractivity contribution is 7.13. The van der Waals surface area contributed by atoms with Gasteiger partial charge in [-0.1, -0.05) is 13.0 Å². The molecule has 0 bridgehead atoms. The molecule has 0 aliphatic rings. The molecule has 0 aliphatic heterocycles. The van der Waals surface area contributed by atoms with E-state index in [1.165, 1.54) is 0 Å². The summed E-state index contributed by atoms with van der Waals surface area (Å²) in [7, 11) is 0.